The highest BCUT2D eigenvalue weighted by atomic mass is 32.2. The fourth-order valence-electron chi connectivity index (χ4n) is 4.98. The number of sulfonamides is 1. The van der Waals surface area contributed by atoms with Gasteiger partial charge < -0.3 is 10.2 Å². The number of carbonyl (C=O) groups excluding carboxylic acids is 2. The average Bonchev–Trinajstić information content (AvgIpc) is 3.43. The van der Waals surface area contributed by atoms with Crippen molar-refractivity contribution in [1.82, 2.24) is 10.2 Å². The molecule has 0 radical (unpaired) electrons. The molecule has 0 aromatic heterocycles. The minimum Gasteiger partial charge on any atom is -0.352 e. The van der Waals surface area contributed by atoms with Crippen LogP contribution in [0.3, 0.4) is 0 Å². The molecular weight excluding hydrogens is 536 g/mol. The molecule has 1 atom stereocenters. The highest BCUT2D eigenvalue weighted by Crippen LogP contribution is 2.23. The summed E-state index contributed by atoms with van der Waals surface area (Å²) in [6.07, 6.45) is 4.68. The SMILES string of the molecule is CS(=O)(=O)N(CC(=O)N(Cc1ccccc1F)[C@H](Cc1ccccc1)C(=O)NC1CCCC1)c1cccc(F)c1. The fourth-order valence-corrected chi connectivity index (χ4v) is 5.82. The minimum atomic E-state index is -4.02. The third-order valence-electron chi connectivity index (χ3n) is 7.05. The average molecular weight is 570 g/mol. The maximum Gasteiger partial charge on any atom is 0.244 e. The van der Waals surface area contributed by atoms with Crippen molar-refractivity contribution in [1.29, 1.82) is 0 Å². The lowest BCUT2D eigenvalue weighted by Crippen LogP contribution is -2.54. The van der Waals surface area contributed by atoms with E-state index in [0.29, 0.717) is 0 Å². The molecule has 0 heterocycles. The van der Waals surface area contributed by atoms with Crippen molar-refractivity contribution in [2.45, 2.75) is 50.7 Å². The van der Waals surface area contributed by atoms with Crippen LogP contribution in [0.5, 0.6) is 0 Å². The van der Waals surface area contributed by atoms with Crippen LogP contribution >= 0.6 is 0 Å². The second-order valence-electron chi connectivity index (χ2n) is 10.1. The lowest BCUT2D eigenvalue weighted by atomic mass is 10.0. The van der Waals surface area contributed by atoms with Crippen LogP contribution in [0, 0.1) is 11.6 Å². The number of carbonyl (C=O) groups is 2. The van der Waals surface area contributed by atoms with Gasteiger partial charge in [0.15, 0.2) is 0 Å². The standard InChI is InChI=1S/C30H33F2N3O4S/c1-40(38,39)35(26-16-9-13-24(31)19-26)21-29(36)34(20-23-12-5-8-17-27(23)32)28(18-22-10-3-2-4-11-22)30(37)33-25-14-6-7-15-25/h2-5,8-13,16-17,19,25,28H,6-7,14-15,18,20-21H2,1H3,(H,33,37)/t28-/m1/s1. The first-order valence-electron chi connectivity index (χ1n) is 13.2. The summed E-state index contributed by atoms with van der Waals surface area (Å²) in [4.78, 5) is 28.9. The molecule has 1 aliphatic carbocycles. The van der Waals surface area contributed by atoms with Gasteiger partial charge in [-0.25, -0.2) is 17.2 Å². The maximum absolute atomic E-state index is 14.8. The Morgan fingerprint density at radius 2 is 1.62 bits per heavy atom. The van der Waals surface area contributed by atoms with Gasteiger partial charge in [-0.15, -0.1) is 0 Å². The first-order chi connectivity index (χ1) is 19.1. The highest BCUT2D eigenvalue weighted by Gasteiger charge is 2.34. The van der Waals surface area contributed by atoms with E-state index in [4.69, 9.17) is 0 Å². The Hall–Kier alpha value is -3.79. The molecule has 3 aromatic rings. The molecule has 40 heavy (non-hydrogen) atoms. The molecule has 1 N–H and O–H groups in total. The van der Waals surface area contributed by atoms with Gasteiger partial charge in [0.1, 0.15) is 24.2 Å². The Kier molecular flexibility index (Phi) is 9.52. The number of benzene rings is 3. The summed E-state index contributed by atoms with van der Waals surface area (Å²) >= 11 is 0. The number of nitrogens with zero attached hydrogens (tertiary/aromatic N) is 2. The predicted octanol–water partition coefficient (Wildman–Crippen LogP) is 4.43. The molecule has 3 aromatic carbocycles. The quantitative estimate of drug-likeness (QED) is 0.370. The Bertz CT molecular complexity index is 1430. The summed E-state index contributed by atoms with van der Waals surface area (Å²) in [5.41, 5.74) is 0.932. The Morgan fingerprint density at radius 1 is 0.950 bits per heavy atom. The Balaban J connectivity index is 1.73. The summed E-state index contributed by atoms with van der Waals surface area (Å²) in [7, 11) is -4.02. The summed E-state index contributed by atoms with van der Waals surface area (Å²) in [6, 6.07) is 18.9. The molecule has 1 aliphatic rings. The van der Waals surface area contributed by atoms with Gasteiger partial charge in [0.2, 0.25) is 21.8 Å². The van der Waals surface area contributed by atoms with Gasteiger partial charge in [-0.2, -0.15) is 0 Å². The number of hydrogen-bond donors (Lipinski definition) is 1. The molecule has 7 nitrogen and oxygen atoms in total. The van der Waals surface area contributed by atoms with Crippen LogP contribution in [-0.4, -0.2) is 50.0 Å². The van der Waals surface area contributed by atoms with Crippen molar-refractivity contribution in [3.8, 4) is 0 Å². The molecule has 0 bridgehead atoms. The monoisotopic (exact) mass is 569 g/mol. The third kappa shape index (κ3) is 7.65. The zero-order chi connectivity index (χ0) is 28.7. The van der Waals surface area contributed by atoms with E-state index in [-0.39, 0.29) is 30.3 Å². The molecule has 1 fully saturated rings. The molecule has 0 unspecified atom stereocenters. The number of hydrogen-bond acceptors (Lipinski definition) is 4. The smallest absolute Gasteiger partial charge is 0.244 e. The molecule has 212 valence electrons. The van der Waals surface area contributed by atoms with Gasteiger partial charge in [-0.3, -0.25) is 13.9 Å². The first-order valence-corrected chi connectivity index (χ1v) is 15.1. The van der Waals surface area contributed by atoms with E-state index in [1.54, 1.807) is 6.07 Å². The van der Waals surface area contributed by atoms with Crippen molar-refractivity contribution in [2.24, 2.45) is 0 Å². The summed E-state index contributed by atoms with van der Waals surface area (Å²) in [5, 5.41) is 3.05. The summed E-state index contributed by atoms with van der Waals surface area (Å²) in [5.74, 6) is -2.34. The zero-order valence-electron chi connectivity index (χ0n) is 22.3. The van der Waals surface area contributed by atoms with Crippen LogP contribution in [0.25, 0.3) is 0 Å². The number of nitrogens with one attached hydrogen (secondary N) is 1. The molecule has 4 rings (SSSR count). The largest absolute Gasteiger partial charge is 0.352 e. The van der Waals surface area contributed by atoms with Gasteiger partial charge in [0.05, 0.1) is 11.9 Å². The van der Waals surface area contributed by atoms with Crippen LogP contribution in [0.4, 0.5) is 14.5 Å². The maximum atomic E-state index is 14.8. The molecule has 1 saturated carbocycles. The van der Waals surface area contributed by atoms with Gasteiger partial charge >= 0.3 is 0 Å². The van der Waals surface area contributed by atoms with Crippen LogP contribution in [0.2, 0.25) is 0 Å². The molecule has 0 spiro atoms. The Morgan fingerprint density at radius 3 is 2.27 bits per heavy atom. The van der Waals surface area contributed by atoms with Crippen LogP contribution in [-0.2, 0) is 32.6 Å². The van der Waals surface area contributed by atoms with Crippen molar-refractivity contribution >= 4 is 27.5 Å². The lowest BCUT2D eigenvalue weighted by Gasteiger charge is -2.34. The summed E-state index contributed by atoms with van der Waals surface area (Å²) in [6.45, 7) is -0.958. The number of halogens is 2. The van der Waals surface area contributed by atoms with Gasteiger partial charge in [0.25, 0.3) is 0 Å². The minimum absolute atomic E-state index is 0.0308. The second kappa shape index (κ2) is 13.0. The number of anilines is 1. The number of amides is 2. The van der Waals surface area contributed by atoms with Gasteiger partial charge in [-0.1, -0.05) is 67.4 Å². The molecule has 10 heteroatoms. The van der Waals surface area contributed by atoms with Crippen molar-refractivity contribution in [3.05, 3.63) is 102 Å². The van der Waals surface area contributed by atoms with Crippen LogP contribution in [0.15, 0.2) is 78.9 Å². The van der Waals surface area contributed by atoms with Crippen molar-refractivity contribution in [2.75, 3.05) is 17.1 Å². The third-order valence-corrected chi connectivity index (χ3v) is 8.19. The van der Waals surface area contributed by atoms with E-state index in [2.05, 4.69) is 5.32 Å². The number of rotatable bonds is 11. The molecule has 2 amide bonds. The van der Waals surface area contributed by atoms with Crippen LogP contribution < -0.4 is 9.62 Å². The Labute approximate surface area is 233 Å². The highest BCUT2D eigenvalue weighted by molar-refractivity contribution is 7.92. The topological polar surface area (TPSA) is 86.8 Å². The van der Waals surface area contributed by atoms with Crippen LogP contribution in [0.1, 0.15) is 36.8 Å². The van der Waals surface area contributed by atoms with Gasteiger partial charge in [0, 0.05) is 24.6 Å². The molecule has 0 saturated heterocycles. The van der Waals surface area contributed by atoms with E-state index in [0.717, 1.165) is 47.9 Å². The van der Waals surface area contributed by atoms with E-state index < -0.39 is 46.1 Å². The van der Waals surface area contributed by atoms with E-state index in [9.17, 15) is 26.8 Å². The van der Waals surface area contributed by atoms with E-state index >= 15 is 0 Å². The summed E-state index contributed by atoms with van der Waals surface area (Å²) < 4.78 is 55.1. The molecular formula is C30H33F2N3O4S. The fraction of sp³-hybridized carbons (Fsp3) is 0.333. The normalized spacial score (nSPS) is 14.5. The van der Waals surface area contributed by atoms with E-state index in [1.165, 1.54) is 41.3 Å². The van der Waals surface area contributed by atoms with Gasteiger partial charge in [-0.05, 0) is 42.7 Å². The van der Waals surface area contributed by atoms with E-state index in [1.807, 2.05) is 30.3 Å². The lowest BCUT2D eigenvalue weighted by molar-refractivity contribution is -0.140. The second-order valence-corrected chi connectivity index (χ2v) is 12.0. The first kappa shape index (κ1) is 29.2. The molecule has 0 aliphatic heterocycles. The zero-order valence-corrected chi connectivity index (χ0v) is 23.1. The predicted molar refractivity (Wildman–Crippen MR) is 150 cm³/mol. The van der Waals surface area contributed by atoms with Crippen molar-refractivity contribution < 1.29 is 26.8 Å². The van der Waals surface area contributed by atoms with Crippen molar-refractivity contribution in [3.63, 3.8) is 0 Å².